The molecule has 0 aliphatic heterocycles. The summed E-state index contributed by atoms with van der Waals surface area (Å²) in [7, 11) is 1.67. The smallest absolute Gasteiger partial charge is 0.137 e. The van der Waals surface area contributed by atoms with Gasteiger partial charge in [-0.1, -0.05) is 6.92 Å². The first-order valence-corrected chi connectivity index (χ1v) is 6.10. The summed E-state index contributed by atoms with van der Waals surface area (Å²) < 4.78 is 10.7. The van der Waals surface area contributed by atoms with Gasteiger partial charge in [0.15, 0.2) is 0 Å². The largest absolute Gasteiger partial charge is 0.497 e. The second-order valence-corrected chi connectivity index (χ2v) is 4.12. The van der Waals surface area contributed by atoms with E-state index in [2.05, 4.69) is 18.3 Å². The van der Waals surface area contributed by atoms with Crippen LogP contribution in [-0.2, 0) is 6.42 Å². The van der Waals surface area contributed by atoms with E-state index >= 15 is 0 Å². The van der Waals surface area contributed by atoms with Gasteiger partial charge in [0, 0.05) is 11.5 Å². The highest BCUT2D eigenvalue weighted by Crippen LogP contribution is 2.25. The zero-order valence-corrected chi connectivity index (χ0v) is 10.5. The molecule has 1 heterocycles. The van der Waals surface area contributed by atoms with Crippen LogP contribution in [0.4, 0.5) is 0 Å². The molecule has 0 saturated heterocycles. The van der Waals surface area contributed by atoms with Gasteiger partial charge in [0.05, 0.1) is 13.4 Å². The maximum absolute atomic E-state index is 5.54. The van der Waals surface area contributed by atoms with E-state index in [-0.39, 0.29) is 0 Å². The molecular formula is C14H19NO2. The molecule has 2 rings (SSSR count). The fourth-order valence-electron chi connectivity index (χ4n) is 1.91. The highest BCUT2D eigenvalue weighted by atomic mass is 16.5. The van der Waals surface area contributed by atoms with E-state index in [1.54, 1.807) is 7.11 Å². The standard InChI is InChI=1S/C14H19NO2/c1-3-7-15-8-6-11-10-17-14-9-12(16-2)4-5-13(11)14/h4-5,9-10,15H,3,6-8H2,1-2H3. The number of fused-ring (bicyclic) bond motifs is 1. The minimum Gasteiger partial charge on any atom is -0.497 e. The van der Waals surface area contributed by atoms with Crippen LogP contribution < -0.4 is 10.1 Å². The summed E-state index contributed by atoms with van der Waals surface area (Å²) in [5, 5.41) is 4.58. The molecule has 3 nitrogen and oxygen atoms in total. The SMILES string of the molecule is CCCNCCc1coc2cc(OC)ccc12. The van der Waals surface area contributed by atoms with Gasteiger partial charge < -0.3 is 14.5 Å². The molecule has 0 fully saturated rings. The summed E-state index contributed by atoms with van der Waals surface area (Å²) in [6.45, 7) is 4.24. The monoisotopic (exact) mass is 233 g/mol. The quantitative estimate of drug-likeness (QED) is 0.779. The van der Waals surface area contributed by atoms with E-state index in [0.29, 0.717) is 0 Å². The fourth-order valence-corrected chi connectivity index (χ4v) is 1.91. The number of hydrogen-bond donors (Lipinski definition) is 1. The Bertz CT molecular complexity index is 476. The van der Waals surface area contributed by atoms with Crippen LogP contribution in [0.2, 0.25) is 0 Å². The van der Waals surface area contributed by atoms with Crippen molar-refractivity contribution in [1.29, 1.82) is 0 Å². The Kier molecular flexibility index (Phi) is 4.04. The second-order valence-electron chi connectivity index (χ2n) is 4.12. The van der Waals surface area contributed by atoms with Crippen molar-refractivity contribution in [1.82, 2.24) is 5.32 Å². The first-order valence-electron chi connectivity index (χ1n) is 6.10. The predicted molar refractivity (Wildman–Crippen MR) is 69.6 cm³/mol. The van der Waals surface area contributed by atoms with Crippen LogP contribution in [0.25, 0.3) is 11.0 Å². The number of hydrogen-bond acceptors (Lipinski definition) is 3. The molecule has 0 atom stereocenters. The lowest BCUT2D eigenvalue weighted by molar-refractivity contribution is 0.414. The van der Waals surface area contributed by atoms with E-state index in [9.17, 15) is 0 Å². The number of nitrogens with one attached hydrogen (secondary N) is 1. The van der Waals surface area contributed by atoms with E-state index in [1.807, 2.05) is 18.4 Å². The molecular weight excluding hydrogens is 214 g/mol. The Balaban J connectivity index is 2.08. The lowest BCUT2D eigenvalue weighted by Gasteiger charge is -2.02. The minimum absolute atomic E-state index is 0.836. The van der Waals surface area contributed by atoms with E-state index in [0.717, 1.165) is 30.8 Å². The molecule has 0 amide bonds. The Morgan fingerprint density at radius 3 is 2.94 bits per heavy atom. The van der Waals surface area contributed by atoms with Crippen molar-refractivity contribution in [3.05, 3.63) is 30.0 Å². The topological polar surface area (TPSA) is 34.4 Å². The molecule has 0 aliphatic rings. The lowest BCUT2D eigenvalue weighted by atomic mass is 10.1. The number of rotatable bonds is 6. The van der Waals surface area contributed by atoms with Crippen LogP contribution >= 0.6 is 0 Å². The summed E-state index contributed by atoms with van der Waals surface area (Å²) in [4.78, 5) is 0. The van der Waals surface area contributed by atoms with E-state index in [4.69, 9.17) is 9.15 Å². The molecule has 0 bridgehead atoms. The van der Waals surface area contributed by atoms with Gasteiger partial charge in [-0.25, -0.2) is 0 Å². The van der Waals surface area contributed by atoms with Crippen LogP contribution in [-0.4, -0.2) is 20.2 Å². The third-order valence-corrected chi connectivity index (χ3v) is 2.86. The third-order valence-electron chi connectivity index (χ3n) is 2.86. The summed E-state index contributed by atoms with van der Waals surface area (Å²) in [5.74, 6) is 0.836. The molecule has 3 heteroatoms. The van der Waals surface area contributed by atoms with Crippen LogP contribution in [0.15, 0.2) is 28.9 Å². The molecule has 1 aromatic carbocycles. The van der Waals surface area contributed by atoms with Crippen LogP contribution in [0, 0.1) is 0 Å². The summed E-state index contributed by atoms with van der Waals surface area (Å²) >= 11 is 0. The average molecular weight is 233 g/mol. The Morgan fingerprint density at radius 2 is 2.18 bits per heavy atom. The van der Waals surface area contributed by atoms with Gasteiger partial charge in [0.2, 0.25) is 0 Å². The maximum Gasteiger partial charge on any atom is 0.137 e. The zero-order valence-electron chi connectivity index (χ0n) is 10.5. The second kappa shape index (κ2) is 5.73. The minimum atomic E-state index is 0.836. The van der Waals surface area contributed by atoms with Crippen molar-refractivity contribution >= 4 is 11.0 Å². The molecule has 0 saturated carbocycles. The van der Waals surface area contributed by atoms with Gasteiger partial charge in [-0.3, -0.25) is 0 Å². The third kappa shape index (κ3) is 2.80. The lowest BCUT2D eigenvalue weighted by Crippen LogP contribution is -2.17. The van der Waals surface area contributed by atoms with Gasteiger partial charge in [0.25, 0.3) is 0 Å². The molecule has 0 spiro atoms. The van der Waals surface area contributed by atoms with Crippen LogP contribution in [0.1, 0.15) is 18.9 Å². The van der Waals surface area contributed by atoms with Gasteiger partial charge in [0.1, 0.15) is 11.3 Å². The van der Waals surface area contributed by atoms with Crippen molar-refractivity contribution in [3.8, 4) is 5.75 Å². The van der Waals surface area contributed by atoms with Gasteiger partial charge in [-0.2, -0.15) is 0 Å². The normalized spacial score (nSPS) is 10.9. The molecule has 2 aromatic rings. The molecule has 1 N–H and O–H groups in total. The van der Waals surface area contributed by atoms with Crippen molar-refractivity contribution < 1.29 is 9.15 Å². The first-order chi connectivity index (χ1) is 8.35. The predicted octanol–water partition coefficient (Wildman–Crippen LogP) is 2.98. The number of benzene rings is 1. The molecule has 0 radical (unpaired) electrons. The summed E-state index contributed by atoms with van der Waals surface area (Å²) in [6.07, 6.45) is 4.01. The fraction of sp³-hybridized carbons (Fsp3) is 0.429. The van der Waals surface area contributed by atoms with Crippen molar-refractivity contribution in [2.45, 2.75) is 19.8 Å². The molecule has 92 valence electrons. The molecule has 0 aliphatic carbocycles. The molecule has 0 unspecified atom stereocenters. The molecule has 1 aromatic heterocycles. The Hall–Kier alpha value is -1.48. The van der Waals surface area contributed by atoms with Crippen molar-refractivity contribution in [3.63, 3.8) is 0 Å². The van der Waals surface area contributed by atoms with Gasteiger partial charge >= 0.3 is 0 Å². The Morgan fingerprint density at radius 1 is 1.29 bits per heavy atom. The average Bonchev–Trinajstić information content (AvgIpc) is 2.77. The summed E-state index contributed by atoms with van der Waals surface area (Å²) in [5.41, 5.74) is 2.15. The maximum atomic E-state index is 5.54. The number of methoxy groups -OCH3 is 1. The highest BCUT2D eigenvalue weighted by molar-refractivity contribution is 5.82. The summed E-state index contributed by atoms with van der Waals surface area (Å²) in [6, 6.07) is 5.96. The number of furan rings is 1. The van der Waals surface area contributed by atoms with Crippen LogP contribution in [0.3, 0.4) is 0 Å². The van der Waals surface area contributed by atoms with E-state index in [1.165, 1.54) is 17.4 Å². The van der Waals surface area contributed by atoms with Crippen molar-refractivity contribution in [2.24, 2.45) is 0 Å². The van der Waals surface area contributed by atoms with Crippen molar-refractivity contribution in [2.75, 3.05) is 20.2 Å². The number of ether oxygens (including phenoxy) is 1. The van der Waals surface area contributed by atoms with Crippen LogP contribution in [0.5, 0.6) is 5.75 Å². The Labute approximate surface area is 102 Å². The van der Waals surface area contributed by atoms with Gasteiger partial charge in [-0.05, 0) is 43.6 Å². The highest BCUT2D eigenvalue weighted by Gasteiger charge is 2.06. The first kappa shape index (κ1) is 12.0. The van der Waals surface area contributed by atoms with Gasteiger partial charge in [-0.15, -0.1) is 0 Å². The van der Waals surface area contributed by atoms with E-state index < -0.39 is 0 Å². The molecule has 17 heavy (non-hydrogen) atoms. The zero-order chi connectivity index (χ0) is 12.1.